The van der Waals surface area contributed by atoms with Gasteiger partial charge in [0.2, 0.25) is 0 Å². The molecular formula is C17H23NO3. The maximum absolute atomic E-state index is 11.5. The molecule has 0 saturated carbocycles. The van der Waals surface area contributed by atoms with Gasteiger partial charge < -0.3 is 14.8 Å². The number of carbonyl (C=O) groups is 1. The molecule has 0 aliphatic rings. The fourth-order valence-corrected chi connectivity index (χ4v) is 1.65. The van der Waals surface area contributed by atoms with Crippen LogP contribution < -0.4 is 5.32 Å². The fraction of sp³-hybridized carbons (Fsp3) is 0.353. The average molecular weight is 289 g/mol. The molecule has 1 amide bonds. The van der Waals surface area contributed by atoms with Crippen molar-refractivity contribution in [1.29, 1.82) is 0 Å². The molecule has 0 unspecified atom stereocenters. The van der Waals surface area contributed by atoms with Crippen molar-refractivity contribution in [2.45, 2.75) is 25.9 Å². The maximum atomic E-state index is 11.5. The Labute approximate surface area is 126 Å². The Morgan fingerprint density at radius 3 is 2.76 bits per heavy atom. The zero-order valence-electron chi connectivity index (χ0n) is 12.5. The number of unbranched alkanes of at least 4 members (excludes halogenated alkanes) is 2. The van der Waals surface area contributed by atoms with Gasteiger partial charge in [0.05, 0.1) is 13.4 Å². The van der Waals surface area contributed by atoms with Crippen LogP contribution in [0.2, 0.25) is 0 Å². The molecule has 0 aliphatic heterocycles. The van der Waals surface area contributed by atoms with Crippen LogP contribution in [0.15, 0.2) is 54.8 Å². The van der Waals surface area contributed by atoms with Gasteiger partial charge in [-0.1, -0.05) is 42.5 Å². The molecule has 4 heteroatoms. The fourth-order valence-electron chi connectivity index (χ4n) is 1.65. The van der Waals surface area contributed by atoms with Crippen molar-refractivity contribution in [3.63, 3.8) is 0 Å². The van der Waals surface area contributed by atoms with E-state index in [9.17, 15) is 4.79 Å². The van der Waals surface area contributed by atoms with Crippen molar-refractivity contribution in [1.82, 2.24) is 5.32 Å². The lowest BCUT2D eigenvalue weighted by atomic mass is 10.2. The van der Waals surface area contributed by atoms with Gasteiger partial charge in [-0.15, -0.1) is 0 Å². The first-order valence-electron chi connectivity index (χ1n) is 7.12. The van der Waals surface area contributed by atoms with Gasteiger partial charge in [-0.25, -0.2) is 4.79 Å². The minimum atomic E-state index is -0.363. The highest BCUT2D eigenvalue weighted by Crippen LogP contribution is 2.01. The lowest BCUT2D eigenvalue weighted by molar-refractivity contribution is 0.139. The molecule has 4 nitrogen and oxygen atoms in total. The third-order valence-electron chi connectivity index (χ3n) is 2.74. The molecule has 1 aromatic rings. The molecule has 0 radical (unpaired) electrons. The van der Waals surface area contributed by atoms with Gasteiger partial charge in [-0.05, 0) is 30.9 Å². The molecule has 114 valence electrons. The van der Waals surface area contributed by atoms with Crippen molar-refractivity contribution in [2.24, 2.45) is 0 Å². The Morgan fingerprint density at radius 2 is 2.00 bits per heavy atom. The van der Waals surface area contributed by atoms with Gasteiger partial charge in [0.15, 0.2) is 0 Å². The zero-order chi connectivity index (χ0) is 15.2. The molecule has 0 aliphatic carbocycles. The van der Waals surface area contributed by atoms with Crippen LogP contribution in [0.1, 0.15) is 24.8 Å². The zero-order valence-corrected chi connectivity index (χ0v) is 12.5. The highest BCUT2D eigenvalue weighted by atomic mass is 16.5. The first-order chi connectivity index (χ1) is 10.3. The smallest absolute Gasteiger partial charge is 0.407 e. The molecule has 0 saturated heterocycles. The molecule has 0 atom stereocenters. The second-order valence-electron chi connectivity index (χ2n) is 4.48. The summed E-state index contributed by atoms with van der Waals surface area (Å²) >= 11 is 0. The quantitative estimate of drug-likeness (QED) is 0.427. The number of benzene rings is 1. The van der Waals surface area contributed by atoms with Crippen LogP contribution in [0.25, 0.3) is 0 Å². The van der Waals surface area contributed by atoms with E-state index in [1.165, 1.54) is 0 Å². The van der Waals surface area contributed by atoms with Crippen LogP contribution in [0.3, 0.4) is 0 Å². The number of allylic oxidation sites excluding steroid dienone is 3. The van der Waals surface area contributed by atoms with Gasteiger partial charge >= 0.3 is 6.09 Å². The van der Waals surface area contributed by atoms with Gasteiger partial charge in [-0.3, -0.25) is 0 Å². The molecule has 0 bridgehead atoms. The Bertz CT molecular complexity index is 441. The number of alkyl carbamates (subject to hydrolysis) is 1. The Hall–Kier alpha value is -2.23. The largest absolute Gasteiger partial charge is 0.504 e. The molecule has 21 heavy (non-hydrogen) atoms. The van der Waals surface area contributed by atoms with E-state index in [0.717, 1.165) is 24.8 Å². The van der Waals surface area contributed by atoms with Gasteiger partial charge in [0.25, 0.3) is 0 Å². The van der Waals surface area contributed by atoms with Crippen LogP contribution in [0.4, 0.5) is 4.79 Å². The first kappa shape index (κ1) is 16.8. The predicted octanol–water partition coefficient (Wildman–Crippen LogP) is 3.80. The summed E-state index contributed by atoms with van der Waals surface area (Å²) < 4.78 is 9.89. The van der Waals surface area contributed by atoms with E-state index in [1.807, 2.05) is 42.5 Å². The Kier molecular flexibility index (Phi) is 9.28. The van der Waals surface area contributed by atoms with E-state index in [4.69, 9.17) is 9.47 Å². The second kappa shape index (κ2) is 11.6. The van der Waals surface area contributed by atoms with Crippen LogP contribution in [-0.2, 0) is 16.1 Å². The highest BCUT2D eigenvalue weighted by molar-refractivity contribution is 5.67. The third kappa shape index (κ3) is 9.32. The van der Waals surface area contributed by atoms with Crippen molar-refractivity contribution in [3.8, 4) is 0 Å². The van der Waals surface area contributed by atoms with Gasteiger partial charge in [0.1, 0.15) is 6.61 Å². The summed E-state index contributed by atoms with van der Waals surface area (Å²) in [6.07, 6.45) is 10.1. The van der Waals surface area contributed by atoms with Crippen molar-refractivity contribution < 1.29 is 14.3 Å². The van der Waals surface area contributed by atoms with Crippen LogP contribution in [0, 0.1) is 0 Å². The summed E-state index contributed by atoms with van der Waals surface area (Å²) in [6.45, 7) is 0.941. The minimum Gasteiger partial charge on any atom is -0.504 e. The number of carbonyl (C=O) groups excluding carboxylic acids is 1. The van der Waals surface area contributed by atoms with E-state index in [2.05, 4.69) is 11.4 Å². The minimum absolute atomic E-state index is 0.307. The summed E-state index contributed by atoms with van der Waals surface area (Å²) in [4.78, 5) is 11.5. The molecule has 1 rings (SSSR count). The summed E-state index contributed by atoms with van der Waals surface area (Å²) in [6, 6.07) is 9.64. The standard InChI is InChI=1S/C17H23NO3/c1-20-14-10-5-3-2-4-9-13-18-17(19)21-15-16-11-7-6-8-12-16/h3,5-8,10-12,14H,2,4,9,13,15H2,1H3,(H,18,19)/b5-3+,14-10+. The van der Waals surface area contributed by atoms with Crippen molar-refractivity contribution in [2.75, 3.05) is 13.7 Å². The SMILES string of the molecule is CO/C=C/C=C/CCCCNC(=O)OCc1ccccc1. The van der Waals surface area contributed by atoms with Crippen LogP contribution in [-0.4, -0.2) is 19.7 Å². The summed E-state index contributed by atoms with van der Waals surface area (Å²) in [5.74, 6) is 0. The van der Waals surface area contributed by atoms with Crippen molar-refractivity contribution in [3.05, 3.63) is 60.4 Å². The van der Waals surface area contributed by atoms with Crippen LogP contribution >= 0.6 is 0 Å². The van der Waals surface area contributed by atoms with Gasteiger partial charge in [0, 0.05) is 6.54 Å². The third-order valence-corrected chi connectivity index (χ3v) is 2.74. The number of hydrogen-bond donors (Lipinski definition) is 1. The molecule has 1 N–H and O–H groups in total. The van der Waals surface area contributed by atoms with Gasteiger partial charge in [-0.2, -0.15) is 0 Å². The topological polar surface area (TPSA) is 47.6 Å². The van der Waals surface area contributed by atoms with E-state index >= 15 is 0 Å². The number of hydrogen-bond acceptors (Lipinski definition) is 3. The molecule has 0 fully saturated rings. The number of methoxy groups -OCH3 is 1. The summed E-state index contributed by atoms with van der Waals surface area (Å²) in [5, 5.41) is 2.74. The molecule has 0 heterocycles. The number of amides is 1. The first-order valence-corrected chi connectivity index (χ1v) is 7.12. The molecule has 0 spiro atoms. The lowest BCUT2D eigenvalue weighted by Gasteiger charge is -2.06. The summed E-state index contributed by atoms with van der Waals surface area (Å²) in [5.41, 5.74) is 0.988. The van der Waals surface area contributed by atoms with E-state index in [1.54, 1.807) is 13.4 Å². The van der Waals surface area contributed by atoms with Crippen LogP contribution in [0.5, 0.6) is 0 Å². The van der Waals surface area contributed by atoms with Crippen molar-refractivity contribution >= 4 is 6.09 Å². The van der Waals surface area contributed by atoms with E-state index < -0.39 is 0 Å². The maximum Gasteiger partial charge on any atom is 0.407 e. The van der Waals surface area contributed by atoms with E-state index in [-0.39, 0.29) is 6.09 Å². The lowest BCUT2D eigenvalue weighted by Crippen LogP contribution is -2.25. The normalized spacial score (nSPS) is 10.9. The average Bonchev–Trinajstić information content (AvgIpc) is 2.52. The molecule has 0 aromatic heterocycles. The number of rotatable bonds is 9. The van der Waals surface area contributed by atoms with E-state index in [0.29, 0.717) is 13.2 Å². The predicted molar refractivity (Wildman–Crippen MR) is 83.8 cm³/mol. The number of ether oxygens (including phenoxy) is 2. The second-order valence-corrected chi connectivity index (χ2v) is 4.48. The molecule has 1 aromatic carbocycles. The Morgan fingerprint density at radius 1 is 1.19 bits per heavy atom. The summed E-state index contributed by atoms with van der Waals surface area (Å²) in [7, 11) is 1.62. The molecular weight excluding hydrogens is 266 g/mol. The Balaban J connectivity index is 1.98. The monoisotopic (exact) mass is 289 g/mol. The highest BCUT2D eigenvalue weighted by Gasteiger charge is 2.00. The number of nitrogens with one attached hydrogen (secondary N) is 1.